The van der Waals surface area contributed by atoms with Crippen LogP contribution < -0.4 is 10.0 Å². The summed E-state index contributed by atoms with van der Waals surface area (Å²) in [5.74, 6) is 0.215. The molecule has 7 nitrogen and oxygen atoms in total. The number of amides is 1. The van der Waals surface area contributed by atoms with Crippen LogP contribution in [-0.2, 0) is 14.8 Å². The summed E-state index contributed by atoms with van der Waals surface area (Å²) in [6, 6.07) is -0.146. The third kappa shape index (κ3) is 2.54. The van der Waals surface area contributed by atoms with Gasteiger partial charge in [0.1, 0.15) is 10.6 Å². The van der Waals surface area contributed by atoms with Crippen LogP contribution >= 0.6 is 0 Å². The fourth-order valence-electron chi connectivity index (χ4n) is 1.97. The Kier molecular flexibility index (Phi) is 3.40. The number of carbonyl (C=O) groups is 1. The van der Waals surface area contributed by atoms with Gasteiger partial charge in [-0.3, -0.25) is 4.79 Å². The van der Waals surface area contributed by atoms with Crippen LogP contribution in [0.2, 0.25) is 0 Å². The summed E-state index contributed by atoms with van der Waals surface area (Å²) in [5, 5.41) is 6.31. The number of aryl methyl sites for hydroxylation is 2. The summed E-state index contributed by atoms with van der Waals surface area (Å²) in [7, 11) is -3.64. The predicted octanol–water partition coefficient (Wildman–Crippen LogP) is -0.152. The minimum Gasteiger partial charge on any atom is -0.360 e. The number of hydrogen-bond acceptors (Lipinski definition) is 5. The molecule has 0 aliphatic carbocycles. The molecule has 2 rings (SSSR count). The van der Waals surface area contributed by atoms with Crippen LogP contribution in [0.3, 0.4) is 0 Å². The lowest BCUT2D eigenvalue weighted by atomic mass is 10.2. The quantitative estimate of drug-likeness (QED) is 0.794. The van der Waals surface area contributed by atoms with Crippen LogP contribution in [0.4, 0.5) is 0 Å². The molecule has 1 unspecified atom stereocenters. The molecule has 0 saturated carbocycles. The highest BCUT2D eigenvalue weighted by Gasteiger charge is 2.27. The standard InChI is InChI=1S/C10H15N3O4S/c1-6-10(7(2)17-13-6)18(15,16)11-5-8-3-4-9(14)12-8/h8,11H,3-5H2,1-2H3,(H,12,14). The minimum absolute atomic E-state index is 0.0449. The largest absolute Gasteiger partial charge is 0.360 e. The molecule has 1 aliphatic rings. The Morgan fingerprint density at radius 1 is 1.50 bits per heavy atom. The fraction of sp³-hybridized carbons (Fsp3) is 0.600. The molecule has 1 saturated heterocycles. The van der Waals surface area contributed by atoms with E-state index in [1.54, 1.807) is 13.8 Å². The van der Waals surface area contributed by atoms with Gasteiger partial charge in [-0.1, -0.05) is 5.16 Å². The Labute approximate surface area is 105 Å². The molecule has 1 fully saturated rings. The van der Waals surface area contributed by atoms with Crippen molar-refractivity contribution in [2.75, 3.05) is 6.54 Å². The van der Waals surface area contributed by atoms with E-state index >= 15 is 0 Å². The van der Waals surface area contributed by atoms with E-state index in [4.69, 9.17) is 4.52 Å². The third-order valence-corrected chi connectivity index (χ3v) is 4.51. The van der Waals surface area contributed by atoms with E-state index in [0.29, 0.717) is 18.5 Å². The normalized spacial score (nSPS) is 20.1. The van der Waals surface area contributed by atoms with Gasteiger partial charge in [-0.2, -0.15) is 0 Å². The van der Waals surface area contributed by atoms with E-state index < -0.39 is 10.0 Å². The molecule has 1 aromatic rings. The molecular weight excluding hydrogens is 258 g/mol. The molecule has 18 heavy (non-hydrogen) atoms. The van der Waals surface area contributed by atoms with Crippen LogP contribution in [0.1, 0.15) is 24.3 Å². The van der Waals surface area contributed by atoms with Gasteiger partial charge in [0, 0.05) is 19.0 Å². The topological polar surface area (TPSA) is 101 Å². The predicted molar refractivity (Wildman–Crippen MR) is 62.3 cm³/mol. The van der Waals surface area contributed by atoms with Gasteiger partial charge in [-0.05, 0) is 20.3 Å². The summed E-state index contributed by atoms with van der Waals surface area (Å²) >= 11 is 0. The van der Waals surface area contributed by atoms with E-state index in [-0.39, 0.29) is 29.1 Å². The number of sulfonamides is 1. The van der Waals surface area contributed by atoms with Gasteiger partial charge in [0.25, 0.3) is 0 Å². The number of carbonyl (C=O) groups excluding carboxylic acids is 1. The molecule has 2 heterocycles. The van der Waals surface area contributed by atoms with E-state index in [9.17, 15) is 13.2 Å². The van der Waals surface area contributed by atoms with Crippen molar-refractivity contribution in [2.45, 2.75) is 37.6 Å². The average Bonchev–Trinajstić information content (AvgIpc) is 2.83. The second-order valence-corrected chi connectivity index (χ2v) is 6.01. The first-order valence-corrected chi connectivity index (χ1v) is 7.10. The second kappa shape index (κ2) is 4.69. The zero-order valence-electron chi connectivity index (χ0n) is 10.2. The monoisotopic (exact) mass is 273 g/mol. The third-order valence-electron chi connectivity index (χ3n) is 2.84. The Bertz CT molecular complexity index is 544. The number of aromatic nitrogens is 1. The van der Waals surface area contributed by atoms with Crippen LogP contribution in [0.5, 0.6) is 0 Å². The number of nitrogens with one attached hydrogen (secondary N) is 2. The zero-order chi connectivity index (χ0) is 13.3. The average molecular weight is 273 g/mol. The molecular formula is C10H15N3O4S. The molecule has 100 valence electrons. The highest BCUT2D eigenvalue weighted by molar-refractivity contribution is 7.89. The van der Waals surface area contributed by atoms with Crippen LogP contribution in [0.25, 0.3) is 0 Å². The Morgan fingerprint density at radius 2 is 2.22 bits per heavy atom. The lowest BCUT2D eigenvalue weighted by Gasteiger charge is -2.11. The summed E-state index contributed by atoms with van der Waals surface area (Å²) < 4.78 is 31.4. The van der Waals surface area contributed by atoms with E-state index in [1.165, 1.54) is 0 Å². The lowest BCUT2D eigenvalue weighted by molar-refractivity contribution is -0.119. The van der Waals surface area contributed by atoms with Crippen molar-refractivity contribution in [3.05, 3.63) is 11.5 Å². The van der Waals surface area contributed by atoms with Gasteiger partial charge in [0.05, 0.1) is 0 Å². The number of nitrogens with zero attached hydrogens (tertiary/aromatic N) is 1. The smallest absolute Gasteiger partial charge is 0.246 e. The first kappa shape index (κ1) is 13.0. The molecule has 2 N–H and O–H groups in total. The van der Waals surface area contributed by atoms with E-state index in [1.807, 2.05) is 0 Å². The van der Waals surface area contributed by atoms with Crippen molar-refractivity contribution in [1.29, 1.82) is 0 Å². The van der Waals surface area contributed by atoms with E-state index in [2.05, 4.69) is 15.2 Å². The van der Waals surface area contributed by atoms with Gasteiger partial charge in [0.2, 0.25) is 15.9 Å². The molecule has 1 amide bonds. The molecule has 0 bridgehead atoms. The van der Waals surface area contributed by atoms with Crippen molar-refractivity contribution < 1.29 is 17.7 Å². The van der Waals surface area contributed by atoms with Crippen LogP contribution in [-0.4, -0.2) is 32.1 Å². The van der Waals surface area contributed by atoms with Crippen molar-refractivity contribution >= 4 is 15.9 Å². The first-order chi connectivity index (χ1) is 8.40. The van der Waals surface area contributed by atoms with Crippen LogP contribution in [0, 0.1) is 13.8 Å². The maximum atomic E-state index is 12.0. The summed E-state index contributed by atoms with van der Waals surface area (Å²) in [6.45, 7) is 3.30. The van der Waals surface area contributed by atoms with Crippen LogP contribution in [0.15, 0.2) is 9.42 Å². The van der Waals surface area contributed by atoms with E-state index in [0.717, 1.165) is 0 Å². The number of rotatable bonds is 4. The first-order valence-electron chi connectivity index (χ1n) is 5.62. The highest BCUT2D eigenvalue weighted by Crippen LogP contribution is 2.18. The second-order valence-electron chi connectivity index (χ2n) is 4.31. The van der Waals surface area contributed by atoms with Crippen molar-refractivity contribution in [3.8, 4) is 0 Å². The maximum absolute atomic E-state index is 12.0. The van der Waals surface area contributed by atoms with Crippen molar-refractivity contribution in [1.82, 2.24) is 15.2 Å². The van der Waals surface area contributed by atoms with Gasteiger partial charge in [-0.15, -0.1) is 0 Å². The zero-order valence-corrected chi connectivity index (χ0v) is 11.0. The van der Waals surface area contributed by atoms with Crippen molar-refractivity contribution in [2.24, 2.45) is 0 Å². The molecule has 1 aromatic heterocycles. The van der Waals surface area contributed by atoms with Gasteiger partial charge < -0.3 is 9.84 Å². The summed E-state index contributed by atoms with van der Waals surface area (Å²) in [5.41, 5.74) is 0.329. The van der Waals surface area contributed by atoms with Gasteiger partial charge in [0.15, 0.2) is 5.76 Å². The lowest BCUT2D eigenvalue weighted by Crippen LogP contribution is -2.38. The number of hydrogen-bond donors (Lipinski definition) is 2. The highest BCUT2D eigenvalue weighted by atomic mass is 32.2. The molecule has 1 atom stereocenters. The minimum atomic E-state index is -3.64. The Hall–Kier alpha value is -1.41. The van der Waals surface area contributed by atoms with Crippen molar-refractivity contribution in [3.63, 3.8) is 0 Å². The van der Waals surface area contributed by atoms with Gasteiger partial charge >= 0.3 is 0 Å². The molecule has 0 spiro atoms. The molecule has 1 aliphatic heterocycles. The fourth-order valence-corrected chi connectivity index (χ4v) is 3.38. The molecule has 0 aromatic carbocycles. The Morgan fingerprint density at radius 3 is 2.72 bits per heavy atom. The summed E-state index contributed by atoms with van der Waals surface area (Å²) in [4.78, 5) is 11.1. The van der Waals surface area contributed by atoms with Gasteiger partial charge in [-0.25, -0.2) is 13.1 Å². The maximum Gasteiger partial charge on any atom is 0.246 e. The molecule has 0 radical (unpaired) electrons. The Balaban J connectivity index is 2.06. The summed E-state index contributed by atoms with van der Waals surface area (Å²) in [6.07, 6.45) is 1.08. The molecule has 8 heteroatoms. The SMILES string of the molecule is Cc1noc(C)c1S(=O)(=O)NCC1CCC(=O)N1.